The van der Waals surface area contributed by atoms with Crippen molar-refractivity contribution in [1.82, 2.24) is 5.06 Å². The molecular weight excluding hydrogens is 325 g/mol. The summed E-state index contributed by atoms with van der Waals surface area (Å²) in [5.74, 6) is -3.39. The van der Waals surface area contributed by atoms with Gasteiger partial charge in [-0.1, -0.05) is 47.5 Å². The van der Waals surface area contributed by atoms with E-state index < -0.39 is 23.6 Å². The summed E-state index contributed by atoms with van der Waals surface area (Å²) < 4.78 is 14.6. The van der Waals surface area contributed by atoms with Gasteiger partial charge in [0, 0.05) is 5.39 Å². The summed E-state index contributed by atoms with van der Waals surface area (Å²) in [4.78, 5) is 41.6. The molecule has 1 aliphatic heterocycles. The number of benzene rings is 3. The molecule has 0 saturated carbocycles. The highest BCUT2D eigenvalue weighted by atomic mass is 19.1. The van der Waals surface area contributed by atoms with Crippen LogP contribution in [0.15, 0.2) is 60.7 Å². The second-order valence-electron chi connectivity index (χ2n) is 5.48. The lowest BCUT2D eigenvalue weighted by Gasteiger charge is -2.13. The van der Waals surface area contributed by atoms with Crippen LogP contribution in [0.4, 0.5) is 4.39 Å². The molecule has 0 spiro atoms. The first-order valence-electron chi connectivity index (χ1n) is 7.45. The Morgan fingerprint density at radius 2 is 1.44 bits per heavy atom. The van der Waals surface area contributed by atoms with Crippen molar-refractivity contribution in [2.75, 3.05) is 0 Å². The molecule has 122 valence electrons. The fourth-order valence-electron chi connectivity index (χ4n) is 2.77. The Bertz CT molecular complexity index is 1030. The van der Waals surface area contributed by atoms with Crippen LogP contribution in [0.5, 0.6) is 0 Å². The molecule has 1 aliphatic rings. The number of carbonyl (C=O) groups excluding carboxylic acids is 3. The highest BCUT2D eigenvalue weighted by Gasteiger charge is 2.39. The van der Waals surface area contributed by atoms with E-state index in [2.05, 4.69) is 0 Å². The first kappa shape index (κ1) is 15.0. The van der Waals surface area contributed by atoms with Gasteiger partial charge in [-0.3, -0.25) is 9.59 Å². The van der Waals surface area contributed by atoms with Gasteiger partial charge in [-0.15, -0.1) is 0 Å². The molecule has 4 rings (SSSR count). The van der Waals surface area contributed by atoms with Gasteiger partial charge in [-0.2, -0.15) is 0 Å². The van der Waals surface area contributed by atoms with Crippen LogP contribution in [-0.4, -0.2) is 22.8 Å². The summed E-state index contributed by atoms with van der Waals surface area (Å²) in [6.07, 6.45) is 0. The smallest absolute Gasteiger partial charge is 0.324 e. The molecule has 0 atom stereocenters. The van der Waals surface area contributed by atoms with Crippen molar-refractivity contribution in [1.29, 1.82) is 0 Å². The highest BCUT2D eigenvalue weighted by molar-refractivity contribution is 6.21. The maximum Gasteiger partial charge on any atom is 0.366 e. The molecule has 25 heavy (non-hydrogen) atoms. The van der Waals surface area contributed by atoms with E-state index in [4.69, 9.17) is 4.84 Å². The molecule has 0 N–H and O–H groups in total. The third-order valence-electron chi connectivity index (χ3n) is 4.01. The number of hydrogen-bond acceptors (Lipinski definition) is 4. The molecule has 0 bridgehead atoms. The molecule has 0 fully saturated rings. The quantitative estimate of drug-likeness (QED) is 0.674. The molecule has 3 aromatic rings. The predicted octanol–water partition coefficient (Wildman–Crippen LogP) is 3.35. The summed E-state index contributed by atoms with van der Waals surface area (Å²) in [5, 5.41) is 1.23. The van der Waals surface area contributed by atoms with Crippen LogP contribution >= 0.6 is 0 Å². The SMILES string of the molecule is O=C(ON1C(=O)c2ccccc2C1=O)c1ccc2ccccc2c1F. The minimum absolute atomic E-state index is 0.138. The van der Waals surface area contributed by atoms with Crippen LogP contribution in [0.1, 0.15) is 31.1 Å². The van der Waals surface area contributed by atoms with Gasteiger partial charge in [0.25, 0.3) is 11.8 Å². The number of hydroxylamine groups is 2. The molecular formula is C19H10FNO4. The summed E-state index contributed by atoms with van der Waals surface area (Å²) in [6.45, 7) is 0. The normalized spacial score (nSPS) is 13.2. The Labute approximate surface area is 141 Å². The molecule has 3 aromatic carbocycles. The van der Waals surface area contributed by atoms with Crippen molar-refractivity contribution in [3.63, 3.8) is 0 Å². The lowest BCUT2D eigenvalue weighted by atomic mass is 10.1. The zero-order valence-electron chi connectivity index (χ0n) is 12.7. The molecule has 2 amide bonds. The number of fused-ring (bicyclic) bond motifs is 2. The number of hydrogen-bond donors (Lipinski definition) is 0. The molecule has 0 aromatic heterocycles. The average molecular weight is 335 g/mol. The molecule has 6 heteroatoms. The van der Waals surface area contributed by atoms with E-state index >= 15 is 0 Å². The van der Waals surface area contributed by atoms with Crippen molar-refractivity contribution in [3.05, 3.63) is 83.2 Å². The topological polar surface area (TPSA) is 63.7 Å². The van der Waals surface area contributed by atoms with Gasteiger partial charge in [-0.25, -0.2) is 9.18 Å². The Morgan fingerprint density at radius 1 is 0.840 bits per heavy atom. The number of rotatable bonds is 2. The number of carbonyl (C=O) groups is 3. The Balaban J connectivity index is 1.67. The van der Waals surface area contributed by atoms with E-state index in [1.54, 1.807) is 36.4 Å². The van der Waals surface area contributed by atoms with Gasteiger partial charge in [0.15, 0.2) is 0 Å². The lowest BCUT2D eigenvalue weighted by molar-refractivity contribution is -0.0587. The molecule has 0 unspecified atom stereocenters. The second-order valence-corrected chi connectivity index (χ2v) is 5.48. The first-order chi connectivity index (χ1) is 12.1. The minimum atomic E-state index is -1.11. The standard InChI is InChI=1S/C19H10FNO4/c20-16-12-6-2-1-5-11(12)9-10-15(16)19(24)25-21-17(22)13-7-3-4-8-14(13)18(21)23/h1-10H. The van der Waals surface area contributed by atoms with Crippen LogP contribution in [0.3, 0.4) is 0 Å². The largest absolute Gasteiger partial charge is 0.366 e. The van der Waals surface area contributed by atoms with Gasteiger partial charge >= 0.3 is 5.97 Å². The van der Waals surface area contributed by atoms with Crippen LogP contribution in [-0.2, 0) is 4.84 Å². The first-order valence-corrected chi connectivity index (χ1v) is 7.45. The van der Waals surface area contributed by atoms with Crippen LogP contribution in [0.2, 0.25) is 0 Å². The van der Waals surface area contributed by atoms with E-state index in [0.717, 1.165) is 0 Å². The van der Waals surface area contributed by atoms with E-state index in [1.807, 2.05) is 0 Å². The molecule has 0 saturated heterocycles. The van der Waals surface area contributed by atoms with Crippen molar-refractivity contribution in [3.8, 4) is 0 Å². The molecule has 1 heterocycles. The molecule has 0 radical (unpaired) electrons. The average Bonchev–Trinajstić information content (AvgIpc) is 2.87. The van der Waals surface area contributed by atoms with Gasteiger partial charge in [-0.05, 0) is 23.6 Å². The Morgan fingerprint density at radius 3 is 2.12 bits per heavy atom. The van der Waals surface area contributed by atoms with Crippen molar-refractivity contribution >= 4 is 28.6 Å². The highest BCUT2D eigenvalue weighted by Crippen LogP contribution is 2.25. The van der Waals surface area contributed by atoms with Crippen LogP contribution in [0, 0.1) is 5.82 Å². The van der Waals surface area contributed by atoms with E-state index in [1.165, 1.54) is 24.3 Å². The summed E-state index contributed by atoms with van der Waals surface area (Å²) >= 11 is 0. The number of imide groups is 1. The molecule has 0 aliphatic carbocycles. The summed E-state index contributed by atoms with van der Waals surface area (Å²) in [7, 11) is 0. The third-order valence-corrected chi connectivity index (χ3v) is 4.01. The van der Waals surface area contributed by atoms with Gasteiger partial charge in [0.1, 0.15) is 5.82 Å². The lowest BCUT2D eigenvalue weighted by Crippen LogP contribution is -2.33. The van der Waals surface area contributed by atoms with E-state index in [-0.39, 0.29) is 22.1 Å². The zero-order chi connectivity index (χ0) is 17.6. The summed E-state index contributed by atoms with van der Waals surface area (Å²) in [6, 6.07) is 15.6. The Kier molecular flexibility index (Phi) is 3.32. The summed E-state index contributed by atoms with van der Waals surface area (Å²) in [5.41, 5.74) is -0.0752. The van der Waals surface area contributed by atoms with Crippen molar-refractivity contribution < 1.29 is 23.6 Å². The van der Waals surface area contributed by atoms with Crippen molar-refractivity contribution in [2.24, 2.45) is 0 Å². The zero-order valence-corrected chi connectivity index (χ0v) is 12.7. The number of nitrogens with zero attached hydrogens (tertiary/aromatic N) is 1. The third kappa shape index (κ3) is 2.27. The maximum absolute atomic E-state index is 14.6. The minimum Gasteiger partial charge on any atom is -0.324 e. The number of halogens is 1. The second kappa shape index (κ2) is 5.52. The predicted molar refractivity (Wildman–Crippen MR) is 86.3 cm³/mol. The fraction of sp³-hybridized carbons (Fsp3) is 0. The monoisotopic (exact) mass is 335 g/mol. The van der Waals surface area contributed by atoms with E-state index in [9.17, 15) is 18.8 Å². The van der Waals surface area contributed by atoms with Gasteiger partial charge in [0.2, 0.25) is 0 Å². The van der Waals surface area contributed by atoms with Gasteiger partial charge < -0.3 is 4.84 Å². The van der Waals surface area contributed by atoms with Crippen LogP contribution in [0.25, 0.3) is 10.8 Å². The molecule has 5 nitrogen and oxygen atoms in total. The van der Waals surface area contributed by atoms with E-state index in [0.29, 0.717) is 10.4 Å². The van der Waals surface area contributed by atoms with Crippen LogP contribution < -0.4 is 0 Å². The maximum atomic E-state index is 14.6. The van der Waals surface area contributed by atoms with Gasteiger partial charge in [0.05, 0.1) is 16.7 Å². The Hall–Kier alpha value is -3.54. The number of amides is 2. The van der Waals surface area contributed by atoms with Crippen molar-refractivity contribution in [2.45, 2.75) is 0 Å². The fourth-order valence-corrected chi connectivity index (χ4v) is 2.77.